The lowest BCUT2D eigenvalue weighted by molar-refractivity contribution is -0.116. The number of hydrogen-bond acceptors (Lipinski definition) is 5. The van der Waals surface area contributed by atoms with Gasteiger partial charge >= 0.3 is 0 Å². The molecule has 1 atom stereocenters. The second-order valence-electron chi connectivity index (χ2n) is 6.25. The third-order valence-electron chi connectivity index (χ3n) is 4.81. The molecule has 2 aromatic heterocycles. The lowest BCUT2D eigenvalue weighted by Gasteiger charge is -2.12. The maximum Gasteiger partial charge on any atom is 0.240 e. The van der Waals surface area contributed by atoms with Gasteiger partial charge in [-0.05, 0) is 55.8 Å². The Labute approximate surface area is 150 Å². The van der Waals surface area contributed by atoms with Gasteiger partial charge in [0, 0.05) is 11.9 Å². The van der Waals surface area contributed by atoms with Crippen LogP contribution >= 0.6 is 0 Å². The molecule has 0 fully saturated rings. The minimum Gasteiger partial charge on any atom is -0.325 e. The van der Waals surface area contributed by atoms with Crippen LogP contribution in [0.2, 0.25) is 0 Å². The minimum absolute atomic E-state index is 0.105. The highest BCUT2D eigenvalue weighted by molar-refractivity contribution is 7.89. The SMILES string of the molecule is CNS(=O)(=O)c1ccc2c(c1)C(c1ncnn3cc(C)c(C)c13)C(=O)N2. The molecule has 3 heterocycles. The highest BCUT2D eigenvalue weighted by Crippen LogP contribution is 2.39. The Morgan fingerprint density at radius 3 is 2.77 bits per heavy atom. The highest BCUT2D eigenvalue weighted by atomic mass is 32.2. The van der Waals surface area contributed by atoms with Crippen LogP contribution in [0, 0.1) is 13.8 Å². The number of rotatable bonds is 3. The number of anilines is 1. The molecule has 0 saturated heterocycles. The van der Waals surface area contributed by atoms with Crippen LogP contribution in [-0.4, -0.2) is 36.0 Å². The molecule has 4 rings (SSSR count). The summed E-state index contributed by atoms with van der Waals surface area (Å²) in [5.41, 5.74) is 4.52. The van der Waals surface area contributed by atoms with Crippen molar-refractivity contribution in [2.75, 3.05) is 12.4 Å². The Morgan fingerprint density at radius 1 is 1.27 bits per heavy atom. The second kappa shape index (κ2) is 5.61. The topological polar surface area (TPSA) is 105 Å². The Bertz CT molecular complexity index is 1170. The first-order valence-electron chi connectivity index (χ1n) is 8.01. The van der Waals surface area contributed by atoms with E-state index in [2.05, 4.69) is 20.1 Å². The number of sulfonamides is 1. The van der Waals surface area contributed by atoms with Gasteiger partial charge in [0.15, 0.2) is 0 Å². The van der Waals surface area contributed by atoms with E-state index in [9.17, 15) is 13.2 Å². The average molecular weight is 371 g/mol. The molecule has 1 unspecified atom stereocenters. The Hall–Kier alpha value is -2.78. The normalized spacial score (nSPS) is 16.7. The molecular formula is C17H17N5O3S. The monoisotopic (exact) mass is 371 g/mol. The van der Waals surface area contributed by atoms with Crippen molar-refractivity contribution in [3.05, 3.63) is 53.1 Å². The van der Waals surface area contributed by atoms with Crippen LogP contribution in [0.25, 0.3) is 5.52 Å². The maximum absolute atomic E-state index is 12.7. The third-order valence-corrected chi connectivity index (χ3v) is 6.23. The minimum atomic E-state index is -3.62. The number of aromatic nitrogens is 3. The lowest BCUT2D eigenvalue weighted by atomic mass is 9.95. The van der Waals surface area contributed by atoms with Crippen LogP contribution in [0.3, 0.4) is 0 Å². The van der Waals surface area contributed by atoms with E-state index in [0.29, 0.717) is 16.9 Å². The summed E-state index contributed by atoms with van der Waals surface area (Å²) in [6, 6.07) is 4.59. The zero-order valence-corrected chi connectivity index (χ0v) is 15.3. The Balaban J connectivity index is 1.96. The summed E-state index contributed by atoms with van der Waals surface area (Å²) in [4.78, 5) is 17.1. The van der Waals surface area contributed by atoms with Gasteiger partial charge in [0.25, 0.3) is 0 Å². The highest BCUT2D eigenvalue weighted by Gasteiger charge is 2.36. The second-order valence-corrected chi connectivity index (χ2v) is 8.14. The van der Waals surface area contributed by atoms with E-state index in [1.54, 1.807) is 10.6 Å². The van der Waals surface area contributed by atoms with Crippen LogP contribution in [-0.2, 0) is 14.8 Å². The van der Waals surface area contributed by atoms with Crippen molar-refractivity contribution in [2.24, 2.45) is 0 Å². The summed E-state index contributed by atoms with van der Waals surface area (Å²) >= 11 is 0. The molecule has 134 valence electrons. The van der Waals surface area contributed by atoms with E-state index < -0.39 is 15.9 Å². The van der Waals surface area contributed by atoms with E-state index in [1.807, 2.05) is 20.0 Å². The number of carbonyl (C=O) groups excluding carboxylic acids is 1. The lowest BCUT2D eigenvalue weighted by Crippen LogP contribution is -2.19. The van der Waals surface area contributed by atoms with Crippen LogP contribution in [0.5, 0.6) is 0 Å². The first kappa shape index (κ1) is 16.7. The van der Waals surface area contributed by atoms with Gasteiger partial charge in [0.05, 0.1) is 16.1 Å². The molecule has 0 spiro atoms. The van der Waals surface area contributed by atoms with Gasteiger partial charge in [0.2, 0.25) is 15.9 Å². The molecule has 0 bridgehead atoms. The average Bonchev–Trinajstić information content (AvgIpc) is 3.10. The summed E-state index contributed by atoms with van der Waals surface area (Å²) in [7, 11) is -2.27. The van der Waals surface area contributed by atoms with Crippen molar-refractivity contribution >= 4 is 27.1 Å². The molecular weight excluding hydrogens is 354 g/mol. The molecule has 0 saturated carbocycles. The first-order valence-corrected chi connectivity index (χ1v) is 9.49. The van der Waals surface area contributed by atoms with Gasteiger partial charge in [-0.25, -0.2) is 22.6 Å². The largest absolute Gasteiger partial charge is 0.325 e. The molecule has 1 aliphatic heterocycles. The molecule has 0 radical (unpaired) electrons. The molecule has 0 aliphatic carbocycles. The van der Waals surface area contributed by atoms with E-state index >= 15 is 0 Å². The van der Waals surface area contributed by atoms with Gasteiger partial charge in [-0.3, -0.25) is 4.79 Å². The van der Waals surface area contributed by atoms with Crippen molar-refractivity contribution in [1.82, 2.24) is 19.3 Å². The van der Waals surface area contributed by atoms with Crippen LogP contribution in [0.4, 0.5) is 5.69 Å². The fourth-order valence-electron chi connectivity index (χ4n) is 3.32. The fraction of sp³-hybridized carbons (Fsp3) is 0.235. The molecule has 3 aromatic rings. The molecule has 9 heteroatoms. The van der Waals surface area contributed by atoms with Crippen molar-refractivity contribution in [2.45, 2.75) is 24.7 Å². The number of fused-ring (bicyclic) bond motifs is 2. The van der Waals surface area contributed by atoms with Crippen molar-refractivity contribution in [1.29, 1.82) is 0 Å². The summed E-state index contributed by atoms with van der Waals surface area (Å²) in [6.45, 7) is 3.92. The summed E-state index contributed by atoms with van der Waals surface area (Å²) in [6.07, 6.45) is 3.28. The van der Waals surface area contributed by atoms with Crippen molar-refractivity contribution in [3.8, 4) is 0 Å². The van der Waals surface area contributed by atoms with Gasteiger partial charge in [-0.1, -0.05) is 0 Å². The van der Waals surface area contributed by atoms with E-state index in [0.717, 1.165) is 16.6 Å². The van der Waals surface area contributed by atoms with Gasteiger partial charge in [-0.2, -0.15) is 5.10 Å². The number of nitrogens with one attached hydrogen (secondary N) is 2. The zero-order chi connectivity index (χ0) is 18.6. The molecule has 1 amide bonds. The fourth-order valence-corrected chi connectivity index (χ4v) is 4.08. The van der Waals surface area contributed by atoms with Gasteiger partial charge in [-0.15, -0.1) is 0 Å². The third kappa shape index (κ3) is 2.31. The van der Waals surface area contributed by atoms with E-state index in [-0.39, 0.29) is 10.8 Å². The van der Waals surface area contributed by atoms with E-state index in [1.165, 1.54) is 25.5 Å². The standard InChI is InChI=1S/C17H17N5O3S/c1-9-7-22-16(10(9)2)15(19-8-20-22)14-12-6-11(26(24,25)18-3)4-5-13(12)21-17(14)23/h4-8,14,18H,1-3H3,(H,21,23). The number of amides is 1. The van der Waals surface area contributed by atoms with E-state index in [4.69, 9.17) is 0 Å². The molecule has 1 aromatic carbocycles. The number of hydrogen-bond donors (Lipinski definition) is 2. The number of carbonyl (C=O) groups is 1. The first-order chi connectivity index (χ1) is 12.3. The number of nitrogens with zero attached hydrogens (tertiary/aromatic N) is 3. The van der Waals surface area contributed by atoms with Crippen molar-refractivity contribution < 1.29 is 13.2 Å². The Morgan fingerprint density at radius 2 is 2.04 bits per heavy atom. The predicted molar refractivity (Wildman–Crippen MR) is 95.6 cm³/mol. The molecule has 8 nitrogen and oxygen atoms in total. The summed E-state index contributed by atoms with van der Waals surface area (Å²) < 4.78 is 28.3. The molecule has 1 aliphatic rings. The maximum atomic E-state index is 12.7. The van der Waals surface area contributed by atoms with Crippen LogP contribution in [0.1, 0.15) is 28.3 Å². The number of aryl methyl sites for hydroxylation is 2. The zero-order valence-electron chi connectivity index (χ0n) is 14.4. The van der Waals surface area contributed by atoms with Gasteiger partial charge < -0.3 is 5.32 Å². The Kier molecular flexibility index (Phi) is 3.60. The molecule has 26 heavy (non-hydrogen) atoms. The quantitative estimate of drug-likeness (QED) is 0.723. The molecule has 2 N–H and O–H groups in total. The smallest absolute Gasteiger partial charge is 0.240 e. The van der Waals surface area contributed by atoms with Crippen LogP contribution < -0.4 is 10.0 Å². The predicted octanol–water partition coefficient (Wildman–Crippen LogP) is 1.34. The van der Waals surface area contributed by atoms with Crippen LogP contribution in [0.15, 0.2) is 35.6 Å². The number of benzene rings is 1. The van der Waals surface area contributed by atoms with Crippen molar-refractivity contribution in [3.63, 3.8) is 0 Å². The summed E-state index contributed by atoms with van der Waals surface area (Å²) in [5.74, 6) is -0.937. The summed E-state index contributed by atoms with van der Waals surface area (Å²) in [5, 5.41) is 7.02. The van der Waals surface area contributed by atoms with Gasteiger partial charge in [0.1, 0.15) is 12.2 Å².